The Labute approximate surface area is 170 Å². The Bertz CT molecular complexity index is 991. The first-order valence-electron chi connectivity index (χ1n) is 9.53. The Morgan fingerprint density at radius 3 is 2.28 bits per heavy atom. The molecule has 5 heteroatoms. The van der Waals surface area contributed by atoms with Crippen molar-refractivity contribution in [2.24, 2.45) is 0 Å². The van der Waals surface area contributed by atoms with Gasteiger partial charge in [-0.25, -0.2) is 0 Å². The van der Waals surface area contributed by atoms with E-state index in [1.807, 2.05) is 48.5 Å². The lowest BCUT2D eigenvalue weighted by Gasteiger charge is -2.20. The van der Waals surface area contributed by atoms with Crippen molar-refractivity contribution < 1.29 is 19.0 Å². The quantitative estimate of drug-likeness (QED) is 0.623. The summed E-state index contributed by atoms with van der Waals surface area (Å²) in [6.45, 7) is 1.04. The third kappa shape index (κ3) is 3.76. The number of carbonyl (C=O) groups excluding carboxylic acids is 1. The fourth-order valence-electron chi connectivity index (χ4n) is 3.58. The predicted molar refractivity (Wildman–Crippen MR) is 112 cm³/mol. The van der Waals surface area contributed by atoms with Crippen LogP contribution in [0.4, 0.5) is 5.69 Å². The highest BCUT2D eigenvalue weighted by Gasteiger charge is 2.27. The number of ether oxygens (including phenoxy) is 3. The van der Waals surface area contributed by atoms with Gasteiger partial charge in [-0.15, -0.1) is 0 Å². The number of fused-ring (bicyclic) bond motifs is 1. The normalized spacial score (nSPS) is 12.4. The summed E-state index contributed by atoms with van der Waals surface area (Å²) in [5.41, 5.74) is 3.68. The van der Waals surface area contributed by atoms with Crippen molar-refractivity contribution in [2.75, 3.05) is 25.7 Å². The first-order chi connectivity index (χ1) is 14.2. The summed E-state index contributed by atoms with van der Waals surface area (Å²) in [6.07, 6.45) is 0.856. The van der Waals surface area contributed by atoms with Crippen molar-refractivity contribution in [1.82, 2.24) is 0 Å². The van der Waals surface area contributed by atoms with Crippen LogP contribution in [0.5, 0.6) is 17.2 Å². The smallest absolute Gasteiger partial charge is 0.258 e. The topological polar surface area (TPSA) is 48.0 Å². The number of amides is 1. The van der Waals surface area contributed by atoms with Gasteiger partial charge in [0, 0.05) is 17.8 Å². The first-order valence-corrected chi connectivity index (χ1v) is 9.53. The largest absolute Gasteiger partial charge is 0.493 e. The van der Waals surface area contributed by atoms with E-state index in [0.717, 1.165) is 17.7 Å². The van der Waals surface area contributed by atoms with Crippen LogP contribution in [0, 0.1) is 0 Å². The molecular formula is C24H23NO4. The summed E-state index contributed by atoms with van der Waals surface area (Å²) in [7, 11) is 3.12. The fourth-order valence-corrected chi connectivity index (χ4v) is 3.58. The third-order valence-corrected chi connectivity index (χ3v) is 5.07. The molecule has 0 aromatic heterocycles. The average Bonchev–Trinajstić information content (AvgIpc) is 3.21. The van der Waals surface area contributed by atoms with Gasteiger partial charge in [0.05, 0.1) is 14.2 Å². The molecule has 0 unspecified atom stereocenters. The Kier molecular flexibility index (Phi) is 5.38. The number of hydrogen-bond donors (Lipinski definition) is 0. The molecular weight excluding hydrogens is 366 g/mol. The molecule has 0 bridgehead atoms. The molecule has 29 heavy (non-hydrogen) atoms. The van der Waals surface area contributed by atoms with E-state index in [4.69, 9.17) is 14.2 Å². The zero-order chi connectivity index (χ0) is 20.2. The minimum atomic E-state index is -0.0823. The summed E-state index contributed by atoms with van der Waals surface area (Å²) in [6, 6.07) is 21.3. The van der Waals surface area contributed by atoms with Gasteiger partial charge in [0.25, 0.3) is 5.91 Å². The Morgan fingerprint density at radius 1 is 0.931 bits per heavy atom. The number of anilines is 1. The molecule has 148 valence electrons. The van der Waals surface area contributed by atoms with E-state index in [2.05, 4.69) is 6.07 Å². The van der Waals surface area contributed by atoms with Crippen LogP contribution in [0.25, 0.3) is 0 Å². The molecule has 0 saturated heterocycles. The van der Waals surface area contributed by atoms with Crippen LogP contribution in [0.15, 0.2) is 66.7 Å². The lowest BCUT2D eigenvalue weighted by atomic mass is 10.1. The SMILES string of the molecule is COc1cc(C(=O)N2CCc3ccccc32)cc(OC)c1OCc1ccccc1. The summed E-state index contributed by atoms with van der Waals surface area (Å²) < 4.78 is 17.0. The lowest BCUT2D eigenvalue weighted by Crippen LogP contribution is -2.28. The highest BCUT2D eigenvalue weighted by atomic mass is 16.5. The molecule has 3 aromatic carbocycles. The van der Waals surface area contributed by atoms with E-state index in [1.54, 1.807) is 31.3 Å². The number of methoxy groups -OCH3 is 2. The van der Waals surface area contributed by atoms with E-state index < -0.39 is 0 Å². The number of hydrogen-bond acceptors (Lipinski definition) is 4. The van der Waals surface area contributed by atoms with Crippen molar-refractivity contribution in [1.29, 1.82) is 0 Å². The van der Waals surface area contributed by atoms with Crippen molar-refractivity contribution in [2.45, 2.75) is 13.0 Å². The van der Waals surface area contributed by atoms with Gasteiger partial charge in [-0.1, -0.05) is 48.5 Å². The van der Waals surface area contributed by atoms with Crippen molar-refractivity contribution >= 4 is 11.6 Å². The van der Waals surface area contributed by atoms with E-state index in [-0.39, 0.29) is 5.91 Å². The van der Waals surface area contributed by atoms with Crippen LogP contribution in [-0.4, -0.2) is 26.7 Å². The minimum Gasteiger partial charge on any atom is -0.493 e. The molecule has 0 fully saturated rings. The van der Waals surface area contributed by atoms with Crippen LogP contribution in [0.2, 0.25) is 0 Å². The van der Waals surface area contributed by atoms with Gasteiger partial charge in [-0.2, -0.15) is 0 Å². The maximum absolute atomic E-state index is 13.2. The van der Waals surface area contributed by atoms with Crippen LogP contribution >= 0.6 is 0 Å². The number of para-hydroxylation sites is 1. The number of benzene rings is 3. The van der Waals surface area contributed by atoms with Crippen molar-refractivity contribution in [3.63, 3.8) is 0 Å². The van der Waals surface area contributed by atoms with Crippen LogP contribution in [-0.2, 0) is 13.0 Å². The van der Waals surface area contributed by atoms with Gasteiger partial charge in [-0.05, 0) is 35.7 Å². The van der Waals surface area contributed by atoms with E-state index in [9.17, 15) is 4.79 Å². The molecule has 0 spiro atoms. The van der Waals surface area contributed by atoms with Gasteiger partial charge in [0.2, 0.25) is 5.75 Å². The predicted octanol–water partition coefficient (Wildman–Crippen LogP) is 4.49. The van der Waals surface area contributed by atoms with Crippen molar-refractivity contribution in [3.05, 3.63) is 83.4 Å². The molecule has 0 aliphatic carbocycles. The lowest BCUT2D eigenvalue weighted by molar-refractivity contribution is 0.0988. The summed E-state index contributed by atoms with van der Waals surface area (Å²) in [5, 5.41) is 0. The van der Waals surface area contributed by atoms with Gasteiger partial charge >= 0.3 is 0 Å². The second-order valence-electron chi connectivity index (χ2n) is 6.82. The molecule has 1 aliphatic rings. The number of carbonyl (C=O) groups is 1. The van der Waals surface area contributed by atoms with E-state index in [1.165, 1.54) is 5.56 Å². The minimum absolute atomic E-state index is 0.0823. The summed E-state index contributed by atoms with van der Waals surface area (Å²) in [5.74, 6) is 1.34. The molecule has 0 atom stereocenters. The molecule has 0 saturated carbocycles. The first kappa shape index (κ1) is 18.9. The van der Waals surface area contributed by atoms with E-state index in [0.29, 0.717) is 36.0 Å². The Morgan fingerprint density at radius 2 is 1.59 bits per heavy atom. The molecule has 1 heterocycles. The van der Waals surface area contributed by atoms with Crippen LogP contribution in [0.3, 0.4) is 0 Å². The standard InChI is InChI=1S/C24H23NO4/c1-27-21-14-19(24(26)25-13-12-18-10-6-7-11-20(18)25)15-22(28-2)23(21)29-16-17-8-4-3-5-9-17/h3-11,14-15H,12-13,16H2,1-2H3. The maximum atomic E-state index is 13.2. The molecule has 1 aliphatic heterocycles. The van der Waals surface area contributed by atoms with Crippen molar-refractivity contribution in [3.8, 4) is 17.2 Å². The molecule has 0 radical (unpaired) electrons. The van der Waals surface area contributed by atoms with Gasteiger partial charge in [0.1, 0.15) is 6.61 Å². The Hall–Kier alpha value is -3.47. The fraction of sp³-hybridized carbons (Fsp3) is 0.208. The van der Waals surface area contributed by atoms with E-state index >= 15 is 0 Å². The highest BCUT2D eigenvalue weighted by molar-refractivity contribution is 6.08. The number of nitrogens with zero attached hydrogens (tertiary/aromatic N) is 1. The summed E-state index contributed by atoms with van der Waals surface area (Å²) in [4.78, 5) is 15.0. The third-order valence-electron chi connectivity index (χ3n) is 5.07. The summed E-state index contributed by atoms with van der Waals surface area (Å²) >= 11 is 0. The second-order valence-corrected chi connectivity index (χ2v) is 6.82. The highest BCUT2D eigenvalue weighted by Crippen LogP contribution is 2.40. The molecule has 0 N–H and O–H groups in total. The van der Waals surface area contributed by atoms with Gasteiger partial charge in [0.15, 0.2) is 11.5 Å². The van der Waals surface area contributed by atoms with Gasteiger partial charge < -0.3 is 19.1 Å². The zero-order valence-electron chi connectivity index (χ0n) is 16.6. The van der Waals surface area contributed by atoms with Crippen LogP contribution < -0.4 is 19.1 Å². The van der Waals surface area contributed by atoms with Crippen LogP contribution in [0.1, 0.15) is 21.5 Å². The Balaban J connectivity index is 1.63. The van der Waals surface area contributed by atoms with Gasteiger partial charge in [-0.3, -0.25) is 4.79 Å². The maximum Gasteiger partial charge on any atom is 0.258 e. The molecule has 1 amide bonds. The zero-order valence-corrected chi connectivity index (χ0v) is 16.6. The molecule has 5 nitrogen and oxygen atoms in total. The monoisotopic (exact) mass is 389 g/mol. The number of rotatable bonds is 6. The molecule has 3 aromatic rings. The molecule has 4 rings (SSSR count). The average molecular weight is 389 g/mol. The second kappa shape index (κ2) is 8.27.